The molecule has 2 rings (SSSR count). The average Bonchev–Trinajstić information content (AvgIpc) is 2.38. The first-order valence-electron chi connectivity index (χ1n) is 6.20. The molecule has 0 fully saturated rings. The van der Waals surface area contributed by atoms with E-state index in [0.717, 1.165) is 11.3 Å². The maximum atomic E-state index is 13.5. The van der Waals surface area contributed by atoms with E-state index in [-0.39, 0.29) is 11.7 Å². The van der Waals surface area contributed by atoms with Crippen LogP contribution in [0, 0.1) is 12.7 Å². The van der Waals surface area contributed by atoms with Crippen LogP contribution in [0.4, 0.5) is 4.39 Å². The van der Waals surface area contributed by atoms with E-state index >= 15 is 0 Å². The second-order valence-corrected chi connectivity index (χ2v) is 4.72. The third-order valence-electron chi connectivity index (χ3n) is 2.98. The predicted octanol–water partition coefficient (Wildman–Crippen LogP) is 3.72. The largest absolute Gasteiger partial charge is 0.496 e. The molecular weight excluding hydrogens is 243 g/mol. The molecule has 0 aliphatic rings. The van der Waals surface area contributed by atoms with Gasteiger partial charge in [0.1, 0.15) is 17.4 Å². The molecule has 0 aliphatic heterocycles. The van der Waals surface area contributed by atoms with E-state index in [9.17, 15) is 4.39 Å². The second kappa shape index (κ2) is 5.34. The van der Waals surface area contributed by atoms with Crippen molar-refractivity contribution in [2.45, 2.75) is 26.7 Å². The molecule has 0 spiro atoms. The molecule has 1 aromatic heterocycles. The summed E-state index contributed by atoms with van der Waals surface area (Å²) in [6.07, 6.45) is 1.80. The molecule has 0 atom stereocenters. The van der Waals surface area contributed by atoms with Crippen molar-refractivity contribution in [2.24, 2.45) is 0 Å². The second-order valence-electron chi connectivity index (χ2n) is 4.72. The normalized spacial score (nSPS) is 10.8. The Labute approximate surface area is 112 Å². The summed E-state index contributed by atoms with van der Waals surface area (Å²) in [5.74, 6) is 1.22. The number of ether oxygens (including phenoxy) is 1. The molecule has 3 nitrogen and oxygen atoms in total. The number of benzene rings is 1. The first-order chi connectivity index (χ1) is 9.02. The number of aromatic nitrogens is 2. The van der Waals surface area contributed by atoms with Gasteiger partial charge in [-0.25, -0.2) is 14.4 Å². The number of hydrogen-bond acceptors (Lipinski definition) is 3. The van der Waals surface area contributed by atoms with Crippen molar-refractivity contribution in [3.05, 3.63) is 41.6 Å². The fraction of sp³-hybridized carbons (Fsp3) is 0.333. The van der Waals surface area contributed by atoms with Crippen LogP contribution in [0.1, 0.15) is 31.2 Å². The Morgan fingerprint density at radius 3 is 2.63 bits per heavy atom. The highest BCUT2D eigenvalue weighted by Crippen LogP contribution is 2.34. The molecule has 0 saturated carbocycles. The molecule has 0 radical (unpaired) electrons. The minimum Gasteiger partial charge on any atom is -0.496 e. The van der Waals surface area contributed by atoms with Crippen LogP contribution in [-0.2, 0) is 0 Å². The minimum absolute atomic E-state index is 0.253. The first kappa shape index (κ1) is 13.5. The van der Waals surface area contributed by atoms with E-state index in [1.165, 1.54) is 12.1 Å². The molecule has 2 aromatic rings. The minimum atomic E-state index is -0.304. The lowest BCUT2D eigenvalue weighted by molar-refractivity contribution is 0.415. The fourth-order valence-corrected chi connectivity index (χ4v) is 1.98. The van der Waals surface area contributed by atoms with Gasteiger partial charge in [-0.15, -0.1) is 0 Å². The fourth-order valence-electron chi connectivity index (χ4n) is 1.98. The summed E-state index contributed by atoms with van der Waals surface area (Å²) in [5, 5.41) is 0. The van der Waals surface area contributed by atoms with E-state index < -0.39 is 0 Å². The summed E-state index contributed by atoms with van der Waals surface area (Å²) < 4.78 is 18.8. The van der Waals surface area contributed by atoms with Gasteiger partial charge in [-0.05, 0) is 36.6 Å². The Morgan fingerprint density at radius 1 is 1.26 bits per heavy atom. The monoisotopic (exact) mass is 260 g/mol. The molecule has 4 heteroatoms. The van der Waals surface area contributed by atoms with Crippen LogP contribution in [0.15, 0.2) is 24.4 Å². The van der Waals surface area contributed by atoms with Crippen molar-refractivity contribution in [3.8, 4) is 17.0 Å². The van der Waals surface area contributed by atoms with Gasteiger partial charge in [-0.3, -0.25) is 0 Å². The molecule has 0 saturated heterocycles. The zero-order valence-corrected chi connectivity index (χ0v) is 11.6. The van der Waals surface area contributed by atoms with Crippen molar-refractivity contribution in [1.29, 1.82) is 0 Å². The highest BCUT2D eigenvalue weighted by atomic mass is 19.1. The lowest BCUT2D eigenvalue weighted by atomic mass is 9.98. The number of halogens is 1. The van der Waals surface area contributed by atoms with Crippen LogP contribution < -0.4 is 4.74 Å². The molecular formula is C15H17FN2O. The highest BCUT2D eigenvalue weighted by molar-refractivity contribution is 5.70. The van der Waals surface area contributed by atoms with E-state index in [2.05, 4.69) is 23.8 Å². The zero-order chi connectivity index (χ0) is 14.0. The zero-order valence-electron chi connectivity index (χ0n) is 11.6. The number of hydrogen-bond donors (Lipinski definition) is 0. The standard InChI is InChI=1S/C15H17FN2O/c1-9(2)13-8-17-10(3)18-15(13)12-7-11(16)5-6-14(12)19-4/h5-9H,1-4H3. The first-order valence-corrected chi connectivity index (χ1v) is 6.20. The van der Waals surface area contributed by atoms with Gasteiger partial charge in [0.05, 0.1) is 12.8 Å². The molecule has 1 heterocycles. The molecule has 1 aromatic carbocycles. The molecule has 0 bridgehead atoms. The third-order valence-corrected chi connectivity index (χ3v) is 2.98. The van der Waals surface area contributed by atoms with E-state index in [0.29, 0.717) is 17.1 Å². The quantitative estimate of drug-likeness (QED) is 0.843. The van der Waals surface area contributed by atoms with Crippen LogP contribution in [0.2, 0.25) is 0 Å². The number of nitrogens with zero attached hydrogens (tertiary/aromatic N) is 2. The highest BCUT2D eigenvalue weighted by Gasteiger charge is 2.16. The Bertz CT molecular complexity index is 597. The van der Waals surface area contributed by atoms with Crippen LogP contribution in [-0.4, -0.2) is 17.1 Å². The maximum Gasteiger partial charge on any atom is 0.128 e. The van der Waals surface area contributed by atoms with Gasteiger partial charge in [0.25, 0.3) is 0 Å². The molecule has 100 valence electrons. The summed E-state index contributed by atoms with van der Waals surface area (Å²) >= 11 is 0. The van der Waals surface area contributed by atoms with Gasteiger partial charge in [-0.2, -0.15) is 0 Å². The van der Waals surface area contributed by atoms with E-state index in [1.807, 2.05) is 6.92 Å². The van der Waals surface area contributed by atoms with Gasteiger partial charge in [0, 0.05) is 11.8 Å². The van der Waals surface area contributed by atoms with Crippen molar-refractivity contribution < 1.29 is 9.13 Å². The Morgan fingerprint density at radius 2 is 2.00 bits per heavy atom. The Kier molecular flexibility index (Phi) is 3.79. The summed E-state index contributed by atoms with van der Waals surface area (Å²) in [4.78, 5) is 8.68. The smallest absolute Gasteiger partial charge is 0.128 e. The van der Waals surface area contributed by atoms with Gasteiger partial charge in [0.2, 0.25) is 0 Å². The van der Waals surface area contributed by atoms with E-state index in [4.69, 9.17) is 4.74 Å². The number of aryl methyl sites for hydroxylation is 1. The lowest BCUT2D eigenvalue weighted by Gasteiger charge is -2.14. The molecule has 19 heavy (non-hydrogen) atoms. The van der Waals surface area contributed by atoms with Gasteiger partial charge >= 0.3 is 0 Å². The number of rotatable bonds is 3. The van der Waals surface area contributed by atoms with Crippen LogP contribution in [0.5, 0.6) is 5.75 Å². The average molecular weight is 260 g/mol. The Hall–Kier alpha value is -1.97. The van der Waals surface area contributed by atoms with Crippen LogP contribution >= 0.6 is 0 Å². The molecule has 0 unspecified atom stereocenters. The summed E-state index contributed by atoms with van der Waals surface area (Å²) in [6, 6.07) is 4.45. The van der Waals surface area contributed by atoms with Crippen LogP contribution in [0.3, 0.4) is 0 Å². The van der Waals surface area contributed by atoms with Crippen molar-refractivity contribution in [3.63, 3.8) is 0 Å². The van der Waals surface area contributed by atoms with Crippen molar-refractivity contribution >= 4 is 0 Å². The predicted molar refractivity (Wildman–Crippen MR) is 72.8 cm³/mol. The summed E-state index contributed by atoms with van der Waals surface area (Å²) in [5.41, 5.74) is 2.38. The Balaban J connectivity index is 2.70. The summed E-state index contributed by atoms with van der Waals surface area (Å²) in [7, 11) is 1.57. The van der Waals surface area contributed by atoms with Gasteiger partial charge in [0.15, 0.2) is 0 Å². The van der Waals surface area contributed by atoms with Crippen LogP contribution in [0.25, 0.3) is 11.3 Å². The number of methoxy groups -OCH3 is 1. The maximum absolute atomic E-state index is 13.5. The SMILES string of the molecule is COc1ccc(F)cc1-c1nc(C)ncc1C(C)C. The van der Waals surface area contributed by atoms with Gasteiger partial charge < -0.3 is 4.74 Å². The van der Waals surface area contributed by atoms with Crippen molar-refractivity contribution in [1.82, 2.24) is 9.97 Å². The van der Waals surface area contributed by atoms with E-state index in [1.54, 1.807) is 19.4 Å². The lowest BCUT2D eigenvalue weighted by Crippen LogP contribution is -2.01. The molecule has 0 aliphatic carbocycles. The van der Waals surface area contributed by atoms with Crippen molar-refractivity contribution in [2.75, 3.05) is 7.11 Å². The molecule has 0 amide bonds. The summed E-state index contributed by atoms with van der Waals surface area (Å²) in [6.45, 7) is 5.94. The molecule has 0 N–H and O–H groups in total. The third kappa shape index (κ3) is 2.72. The van der Waals surface area contributed by atoms with Gasteiger partial charge in [-0.1, -0.05) is 13.8 Å². The topological polar surface area (TPSA) is 35.0 Å².